The van der Waals surface area contributed by atoms with Crippen LogP contribution in [0.15, 0.2) is 47.4 Å². The van der Waals surface area contributed by atoms with Crippen LogP contribution >= 0.6 is 0 Å². The van der Waals surface area contributed by atoms with Crippen LogP contribution in [0, 0.1) is 0 Å². The molecule has 2 fully saturated rings. The zero-order valence-electron chi connectivity index (χ0n) is 20.1. The molecule has 2 N–H and O–H groups in total. The number of hydrogen-bond acceptors (Lipinski definition) is 5. The summed E-state index contributed by atoms with van der Waals surface area (Å²) in [6.07, 6.45) is 3.26. The molecule has 0 bridgehead atoms. The van der Waals surface area contributed by atoms with Crippen LogP contribution in [-0.2, 0) is 26.7 Å². The van der Waals surface area contributed by atoms with Gasteiger partial charge < -0.3 is 15.3 Å². The topological polar surface area (TPSA) is 90.0 Å². The van der Waals surface area contributed by atoms with E-state index in [1.807, 2.05) is 38.1 Å². The fourth-order valence-corrected chi connectivity index (χ4v) is 6.84. The number of piperazine rings is 1. The van der Waals surface area contributed by atoms with Crippen LogP contribution in [-0.4, -0.2) is 63.1 Å². The number of benzene rings is 2. The number of carboxylic acid groups (broad SMARTS) is 1. The first-order chi connectivity index (χ1) is 16.3. The van der Waals surface area contributed by atoms with Crippen molar-refractivity contribution in [3.63, 3.8) is 0 Å². The second kappa shape index (κ2) is 10.1. The summed E-state index contributed by atoms with van der Waals surface area (Å²) in [4.78, 5) is 15.4. The van der Waals surface area contributed by atoms with E-state index in [0.717, 1.165) is 29.9 Å². The Labute approximate surface area is 202 Å². The molecule has 34 heavy (non-hydrogen) atoms. The molecule has 0 spiro atoms. The molecule has 0 aliphatic carbocycles. The molecule has 7 nitrogen and oxygen atoms in total. The summed E-state index contributed by atoms with van der Waals surface area (Å²) in [6.45, 7) is 8.01. The van der Waals surface area contributed by atoms with E-state index in [1.54, 1.807) is 18.2 Å². The Morgan fingerprint density at radius 3 is 2.21 bits per heavy atom. The fraction of sp³-hybridized carbons (Fsp3) is 0.500. The molecule has 2 aromatic carbocycles. The van der Waals surface area contributed by atoms with Gasteiger partial charge in [-0.05, 0) is 66.6 Å². The smallest absolute Gasteiger partial charge is 0.318 e. The van der Waals surface area contributed by atoms with E-state index in [4.69, 9.17) is 0 Å². The molecule has 2 aliphatic heterocycles. The third-order valence-electron chi connectivity index (χ3n) is 7.36. The summed E-state index contributed by atoms with van der Waals surface area (Å²) < 4.78 is 28.0. The number of aryl methyl sites for hydroxylation is 1. The average molecular weight is 486 g/mol. The van der Waals surface area contributed by atoms with Gasteiger partial charge in [-0.1, -0.05) is 32.0 Å². The van der Waals surface area contributed by atoms with E-state index in [1.165, 1.54) is 17.1 Å². The van der Waals surface area contributed by atoms with Crippen LogP contribution in [0.2, 0.25) is 0 Å². The molecule has 2 aromatic rings. The first kappa shape index (κ1) is 24.7. The number of sulfonamides is 1. The average Bonchev–Trinajstić information content (AvgIpc) is 3.41. The number of nitrogens with one attached hydrogen (secondary N) is 1. The lowest BCUT2D eigenvalue weighted by atomic mass is 9.70. The van der Waals surface area contributed by atoms with Crippen LogP contribution < -0.4 is 10.2 Å². The highest BCUT2D eigenvalue weighted by atomic mass is 32.2. The summed E-state index contributed by atoms with van der Waals surface area (Å²) in [7, 11) is -3.62. The molecule has 1 atom stereocenters. The minimum atomic E-state index is -3.62. The molecular formula is C26H35N3O4S. The van der Waals surface area contributed by atoms with Gasteiger partial charge in [-0.25, -0.2) is 8.42 Å². The zero-order valence-corrected chi connectivity index (χ0v) is 20.9. The standard InChI is InChI=1S/C26H35N3O4S/c1-3-20-19-23(34(32,33)29-17-13-27-14-18-29)11-12-24(20)26(4-2,25(30)31)21-7-9-22(10-8-21)28-15-5-6-16-28/h7-12,19,27H,3-6,13-18H2,1-2H3,(H,30,31)/t26-/m1/s1. The number of anilines is 1. The lowest BCUT2D eigenvalue weighted by Crippen LogP contribution is -2.46. The van der Waals surface area contributed by atoms with Crippen LogP contribution in [0.4, 0.5) is 5.69 Å². The summed E-state index contributed by atoms with van der Waals surface area (Å²) in [6, 6.07) is 12.9. The monoisotopic (exact) mass is 485 g/mol. The van der Waals surface area contributed by atoms with Gasteiger partial charge >= 0.3 is 5.97 Å². The van der Waals surface area contributed by atoms with E-state index >= 15 is 0 Å². The third-order valence-corrected chi connectivity index (χ3v) is 9.25. The van der Waals surface area contributed by atoms with Gasteiger partial charge in [0.1, 0.15) is 5.41 Å². The summed E-state index contributed by atoms with van der Waals surface area (Å²) >= 11 is 0. The van der Waals surface area contributed by atoms with E-state index in [-0.39, 0.29) is 4.90 Å². The van der Waals surface area contributed by atoms with Gasteiger partial charge in [-0.2, -0.15) is 4.31 Å². The highest BCUT2D eigenvalue weighted by molar-refractivity contribution is 7.89. The van der Waals surface area contributed by atoms with E-state index in [2.05, 4.69) is 10.2 Å². The normalized spacial score (nSPS) is 19.2. The van der Waals surface area contributed by atoms with Crippen molar-refractivity contribution in [2.45, 2.75) is 49.8 Å². The Kier molecular flexibility index (Phi) is 7.31. The summed E-state index contributed by atoms with van der Waals surface area (Å²) in [5.74, 6) is -0.920. The van der Waals surface area contributed by atoms with Crippen molar-refractivity contribution in [1.29, 1.82) is 0 Å². The van der Waals surface area contributed by atoms with Crippen molar-refractivity contribution >= 4 is 21.7 Å². The Balaban J connectivity index is 1.76. The molecule has 8 heteroatoms. The van der Waals surface area contributed by atoms with Crippen molar-refractivity contribution in [3.8, 4) is 0 Å². The number of nitrogens with zero attached hydrogens (tertiary/aromatic N) is 2. The minimum absolute atomic E-state index is 0.231. The van der Waals surface area contributed by atoms with Crippen molar-refractivity contribution in [2.75, 3.05) is 44.2 Å². The Hall–Kier alpha value is -2.42. The molecule has 2 saturated heterocycles. The Morgan fingerprint density at radius 2 is 1.65 bits per heavy atom. The van der Waals surface area contributed by atoms with Crippen molar-refractivity contribution in [3.05, 3.63) is 59.2 Å². The highest BCUT2D eigenvalue weighted by Gasteiger charge is 2.42. The molecule has 0 unspecified atom stereocenters. The minimum Gasteiger partial charge on any atom is -0.480 e. The molecule has 0 aromatic heterocycles. The Bertz CT molecular complexity index is 1120. The molecule has 184 valence electrons. The van der Waals surface area contributed by atoms with Crippen molar-refractivity contribution < 1.29 is 18.3 Å². The van der Waals surface area contributed by atoms with Gasteiger partial charge in [-0.3, -0.25) is 4.79 Å². The van der Waals surface area contributed by atoms with Gasteiger partial charge in [0, 0.05) is 45.0 Å². The van der Waals surface area contributed by atoms with Gasteiger partial charge in [0.25, 0.3) is 0 Å². The van der Waals surface area contributed by atoms with Gasteiger partial charge in [0.05, 0.1) is 4.90 Å². The van der Waals surface area contributed by atoms with Gasteiger partial charge in [0.2, 0.25) is 10.0 Å². The molecular weight excluding hydrogens is 450 g/mol. The summed E-state index contributed by atoms with van der Waals surface area (Å²) in [5, 5.41) is 13.7. The maximum atomic E-state index is 13.2. The Morgan fingerprint density at radius 1 is 1.00 bits per heavy atom. The lowest BCUT2D eigenvalue weighted by molar-refractivity contribution is -0.142. The molecule has 0 amide bonds. The maximum absolute atomic E-state index is 13.2. The molecule has 2 aliphatic rings. The van der Waals surface area contributed by atoms with E-state index < -0.39 is 21.4 Å². The SMILES string of the molecule is CCc1cc(S(=O)(=O)N2CCNCC2)ccc1[C@](CC)(C(=O)O)c1ccc(N2CCCC2)cc1. The predicted octanol–water partition coefficient (Wildman–Crippen LogP) is 3.22. The van der Waals surface area contributed by atoms with Crippen LogP contribution in [0.25, 0.3) is 0 Å². The van der Waals surface area contributed by atoms with E-state index in [9.17, 15) is 18.3 Å². The van der Waals surface area contributed by atoms with Crippen LogP contribution in [0.3, 0.4) is 0 Å². The van der Waals surface area contributed by atoms with Crippen molar-refractivity contribution in [1.82, 2.24) is 9.62 Å². The van der Waals surface area contributed by atoms with Gasteiger partial charge in [-0.15, -0.1) is 0 Å². The zero-order chi connectivity index (χ0) is 24.3. The number of aliphatic carboxylic acids is 1. The molecule has 0 saturated carbocycles. The predicted molar refractivity (Wildman–Crippen MR) is 134 cm³/mol. The van der Waals surface area contributed by atoms with Gasteiger partial charge in [0.15, 0.2) is 0 Å². The number of hydrogen-bond donors (Lipinski definition) is 2. The molecule has 4 rings (SSSR count). The fourth-order valence-electron chi connectivity index (χ4n) is 5.35. The number of carboxylic acids is 1. The molecule has 0 radical (unpaired) electrons. The summed E-state index contributed by atoms with van der Waals surface area (Å²) in [5.41, 5.74) is 2.01. The maximum Gasteiger partial charge on any atom is 0.318 e. The second-order valence-corrected chi connectivity index (χ2v) is 11.1. The number of carbonyl (C=O) groups is 1. The third kappa shape index (κ3) is 4.34. The first-order valence-electron chi connectivity index (χ1n) is 12.3. The highest BCUT2D eigenvalue weighted by Crippen LogP contribution is 2.40. The first-order valence-corrected chi connectivity index (χ1v) is 13.7. The quantitative estimate of drug-likeness (QED) is 0.597. The van der Waals surface area contributed by atoms with Crippen LogP contribution in [0.5, 0.6) is 0 Å². The van der Waals surface area contributed by atoms with E-state index in [0.29, 0.717) is 44.6 Å². The molecule has 2 heterocycles. The lowest BCUT2D eigenvalue weighted by Gasteiger charge is -2.33. The second-order valence-electron chi connectivity index (χ2n) is 9.13. The van der Waals surface area contributed by atoms with Crippen LogP contribution in [0.1, 0.15) is 49.8 Å². The largest absolute Gasteiger partial charge is 0.480 e. The number of rotatable bonds is 8. The van der Waals surface area contributed by atoms with Crippen molar-refractivity contribution in [2.24, 2.45) is 0 Å².